The van der Waals surface area contributed by atoms with Gasteiger partial charge in [0, 0.05) is 17.3 Å². The maximum Gasteiger partial charge on any atom is 0.0934 e. The van der Waals surface area contributed by atoms with Crippen molar-refractivity contribution in [3.05, 3.63) is 15.6 Å². The van der Waals surface area contributed by atoms with Gasteiger partial charge < -0.3 is 5.32 Å². The molecule has 0 amide bonds. The highest BCUT2D eigenvalue weighted by Gasteiger charge is 2.21. The van der Waals surface area contributed by atoms with Gasteiger partial charge in [-0.2, -0.15) is 0 Å². The Hall–Kier alpha value is -0.410. The molecule has 2 heterocycles. The van der Waals surface area contributed by atoms with E-state index in [0.717, 1.165) is 6.42 Å². The van der Waals surface area contributed by atoms with Gasteiger partial charge in [-0.15, -0.1) is 11.3 Å². The predicted molar refractivity (Wildman–Crippen MR) is 65.4 cm³/mol. The minimum absolute atomic E-state index is 0.586. The molecule has 0 spiro atoms. The van der Waals surface area contributed by atoms with Crippen molar-refractivity contribution in [2.75, 3.05) is 6.54 Å². The van der Waals surface area contributed by atoms with Crippen LogP contribution >= 0.6 is 11.3 Å². The SMILES string of the molecule is Cc1nc(CC(C)C)sc1C1CCCN1. The van der Waals surface area contributed by atoms with E-state index >= 15 is 0 Å². The molecule has 2 nitrogen and oxygen atoms in total. The van der Waals surface area contributed by atoms with Gasteiger partial charge in [0.05, 0.1) is 10.7 Å². The van der Waals surface area contributed by atoms with Crippen LogP contribution in [0.5, 0.6) is 0 Å². The molecule has 0 aromatic carbocycles. The zero-order valence-electron chi connectivity index (χ0n) is 9.84. The summed E-state index contributed by atoms with van der Waals surface area (Å²) in [6.45, 7) is 7.83. The van der Waals surface area contributed by atoms with Gasteiger partial charge in [-0.25, -0.2) is 4.98 Å². The van der Waals surface area contributed by atoms with Crippen LogP contribution in [0, 0.1) is 12.8 Å². The average Bonchev–Trinajstić information content (AvgIpc) is 2.72. The summed E-state index contributed by atoms with van der Waals surface area (Å²) in [4.78, 5) is 6.15. The normalized spacial score (nSPS) is 21.5. The molecule has 15 heavy (non-hydrogen) atoms. The van der Waals surface area contributed by atoms with Crippen molar-refractivity contribution in [3.8, 4) is 0 Å². The van der Waals surface area contributed by atoms with Crippen molar-refractivity contribution in [2.24, 2.45) is 5.92 Å². The lowest BCUT2D eigenvalue weighted by Gasteiger charge is -2.07. The summed E-state index contributed by atoms with van der Waals surface area (Å²) in [7, 11) is 0. The molecule has 3 heteroatoms. The van der Waals surface area contributed by atoms with Crippen molar-refractivity contribution < 1.29 is 0 Å². The van der Waals surface area contributed by atoms with E-state index in [1.165, 1.54) is 35.0 Å². The van der Waals surface area contributed by atoms with Gasteiger partial charge in [-0.1, -0.05) is 13.8 Å². The van der Waals surface area contributed by atoms with E-state index in [0.29, 0.717) is 12.0 Å². The second-order valence-electron chi connectivity index (χ2n) is 4.80. The Kier molecular flexibility index (Phi) is 3.42. The lowest BCUT2D eigenvalue weighted by molar-refractivity contribution is 0.642. The van der Waals surface area contributed by atoms with Crippen LogP contribution in [0.2, 0.25) is 0 Å². The first kappa shape index (κ1) is 11.1. The largest absolute Gasteiger partial charge is 0.309 e. The monoisotopic (exact) mass is 224 g/mol. The molecule has 1 aromatic heterocycles. The summed E-state index contributed by atoms with van der Waals surface area (Å²) in [5.41, 5.74) is 1.25. The molecule has 1 atom stereocenters. The van der Waals surface area contributed by atoms with Crippen LogP contribution in [0.1, 0.15) is 48.3 Å². The highest BCUT2D eigenvalue weighted by Crippen LogP contribution is 2.31. The van der Waals surface area contributed by atoms with Gasteiger partial charge in [-0.3, -0.25) is 0 Å². The molecule has 2 rings (SSSR count). The van der Waals surface area contributed by atoms with Gasteiger partial charge in [0.15, 0.2) is 0 Å². The minimum Gasteiger partial charge on any atom is -0.309 e. The smallest absolute Gasteiger partial charge is 0.0934 e. The standard InChI is InChI=1S/C12H20N2S/c1-8(2)7-11-14-9(3)12(15-11)10-5-4-6-13-10/h8,10,13H,4-7H2,1-3H3. The van der Waals surface area contributed by atoms with Crippen molar-refractivity contribution in [1.29, 1.82) is 0 Å². The van der Waals surface area contributed by atoms with E-state index in [4.69, 9.17) is 0 Å². The first-order chi connectivity index (χ1) is 7.16. The number of hydrogen-bond donors (Lipinski definition) is 1. The van der Waals surface area contributed by atoms with Gasteiger partial charge in [0.2, 0.25) is 0 Å². The van der Waals surface area contributed by atoms with E-state index in [2.05, 4.69) is 31.1 Å². The molecule has 1 saturated heterocycles. The number of thiazole rings is 1. The number of hydrogen-bond acceptors (Lipinski definition) is 3. The van der Waals surface area contributed by atoms with Crippen LogP contribution < -0.4 is 5.32 Å². The molecule has 0 radical (unpaired) electrons. The molecule has 1 aliphatic rings. The summed E-state index contributed by atoms with van der Waals surface area (Å²) in [6, 6.07) is 0.586. The fourth-order valence-corrected chi connectivity index (χ4v) is 3.52. The van der Waals surface area contributed by atoms with Gasteiger partial charge in [0.25, 0.3) is 0 Å². The summed E-state index contributed by atoms with van der Waals surface area (Å²) < 4.78 is 0. The quantitative estimate of drug-likeness (QED) is 0.853. The van der Waals surface area contributed by atoms with Crippen molar-refractivity contribution in [1.82, 2.24) is 10.3 Å². The Bertz CT molecular complexity index is 324. The number of aryl methyl sites for hydroxylation is 1. The van der Waals surface area contributed by atoms with Crippen LogP contribution in [0.4, 0.5) is 0 Å². The lowest BCUT2D eigenvalue weighted by atomic mass is 10.1. The maximum absolute atomic E-state index is 4.67. The van der Waals surface area contributed by atoms with Crippen LogP contribution in [-0.4, -0.2) is 11.5 Å². The summed E-state index contributed by atoms with van der Waals surface area (Å²) in [6.07, 6.45) is 3.71. The Labute approximate surface area is 96.1 Å². The molecule has 1 fully saturated rings. The second kappa shape index (κ2) is 4.62. The predicted octanol–water partition coefficient (Wildman–Crippen LogP) is 3.07. The summed E-state index contributed by atoms with van der Waals surface area (Å²) >= 11 is 1.91. The van der Waals surface area contributed by atoms with Gasteiger partial charge in [0.1, 0.15) is 0 Å². The van der Waals surface area contributed by atoms with E-state index < -0.39 is 0 Å². The van der Waals surface area contributed by atoms with Crippen molar-refractivity contribution >= 4 is 11.3 Å². The van der Waals surface area contributed by atoms with Gasteiger partial charge >= 0.3 is 0 Å². The lowest BCUT2D eigenvalue weighted by Crippen LogP contribution is -2.12. The zero-order chi connectivity index (χ0) is 10.8. The third-order valence-corrected chi connectivity index (χ3v) is 4.13. The van der Waals surface area contributed by atoms with Crippen molar-refractivity contribution in [2.45, 2.75) is 46.1 Å². The van der Waals surface area contributed by atoms with E-state index in [1.807, 2.05) is 11.3 Å². The number of rotatable bonds is 3. The van der Waals surface area contributed by atoms with Crippen LogP contribution in [0.25, 0.3) is 0 Å². The first-order valence-electron chi connectivity index (χ1n) is 5.86. The molecule has 0 bridgehead atoms. The first-order valence-corrected chi connectivity index (χ1v) is 6.68. The zero-order valence-corrected chi connectivity index (χ0v) is 10.7. The van der Waals surface area contributed by atoms with Gasteiger partial charge in [-0.05, 0) is 32.2 Å². The topological polar surface area (TPSA) is 24.9 Å². The van der Waals surface area contributed by atoms with E-state index in [-0.39, 0.29) is 0 Å². The average molecular weight is 224 g/mol. The molecule has 0 saturated carbocycles. The number of nitrogens with zero attached hydrogens (tertiary/aromatic N) is 1. The Morgan fingerprint density at radius 1 is 1.53 bits per heavy atom. The fourth-order valence-electron chi connectivity index (χ4n) is 2.13. The number of nitrogens with one attached hydrogen (secondary N) is 1. The van der Waals surface area contributed by atoms with E-state index in [1.54, 1.807) is 0 Å². The number of aromatic nitrogens is 1. The summed E-state index contributed by atoms with van der Waals surface area (Å²) in [5, 5.41) is 4.86. The van der Waals surface area contributed by atoms with Crippen molar-refractivity contribution in [3.63, 3.8) is 0 Å². The fraction of sp³-hybridized carbons (Fsp3) is 0.750. The second-order valence-corrected chi connectivity index (χ2v) is 5.92. The third kappa shape index (κ3) is 2.58. The molecule has 1 aliphatic heterocycles. The Morgan fingerprint density at radius 3 is 2.93 bits per heavy atom. The molecule has 1 aromatic rings. The maximum atomic E-state index is 4.67. The van der Waals surface area contributed by atoms with Crippen LogP contribution in [-0.2, 0) is 6.42 Å². The molecule has 84 valence electrons. The van der Waals surface area contributed by atoms with Crippen LogP contribution in [0.3, 0.4) is 0 Å². The molecule has 0 aliphatic carbocycles. The molecule has 1 unspecified atom stereocenters. The molecular formula is C12H20N2S. The summed E-state index contributed by atoms with van der Waals surface area (Å²) in [5.74, 6) is 0.708. The van der Waals surface area contributed by atoms with Crippen LogP contribution in [0.15, 0.2) is 0 Å². The highest BCUT2D eigenvalue weighted by molar-refractivity contribution is 7.11. The van der Waals surface area contributed by atoms with E-state index in [9.17, 15) is 0 Å². The molecule has 1 N–H and O–H groups in total. The highest BCUT2D eigenvalue weighted by atomic mass is 32.1. The minimum atomic E-state index is 0.586. The third-order valence-electron chi connectivity index (χ3n) is 2.84. The molecular weight excluding hydrogens is 204 g/mol. The Balaban J connectivity index is 2.13. The Morgan fingerprint density at radius 2 is 2.33 bits per heavy atom.